The molecule has 1 aliphatic heterocycles. The molecule has 0 spiro atoms. The van der Waals surface area contributed by atoms with Gasteiger partial charge in [-0.25, -0.2) is 0 Å². The van der Waals surface area contributed by atoms with Gasteiger partial charge in [0.05, 0.1) is 31.4 Å². The first-order valence-corrected chi connectivity index (χ1v) is 9.45. The van der Waals surface area contributed by atoms with Gasteiger partial charge < -0.3 is 28.7 Å². The Morgan fingerprint density at radius 1 is 1.11 bits per heavy atom. The normalized spacial score (nSPS) is 12.7. The molecule has 2 aromatic heterocycles. The van der Waals surface area contributed by atoms with Gasteiger partial charge in [0.2, 0.25) is 0 Å². The van der Waals surface area contributed by atoms with Gasteiger partial charge >= 0.3 is 0 Å². The first kappa shape index (κ1) is 17.5. The quantitative estimate of drug-likeness (QED) is 0.688. The molecule has 0 saturated carbocycles. The van der Waals surface area contributed by atoms with Crippen molar-refractivity contribution in [2.24, 2.45) is 0 Å². The number of hydrogen-bond acceptors (Lipinski definition) is 7. The summed E-state index contributed by atoms with van der Waals surface area (Å²) in [6.45, 7) is 3.50. The van der Waals surface area contributed by atoms with Crippen LogP contribution in [0, 0.1) is 0 Å². The van der Waals surface area contributed by atoms with Crippen molar-refractivity contribution in [3.8, 4) is 50.8 Å². The fraction of sp³-hybridized carbons (Fsp3) is 0.316. The van der Waals surface area contributed by atoms with Crippen LogP contribution in [0.5, 0.6) is 29.0 Å². The number of aromatic amines is 1. The zero-order chi connectivity index (χ0) is 18.8. The summed E-state index contributed by atoms with van der Waals surface area (Å²) in [6, 6.07) is 6.09. The lowest BCUT2D eigenvalue weighted by Crippen LogP contribution is -2.14. The van der Waals surface area contributed by atoms with Gasteiger partial charge in [-0.2, -0.15) is 4.98 Å². The fourth-order valence-electron chi connectivity index (χ4n) is 2.91. The summed E-state index contributed by atoms with van der Waals surface area (Å²) >= 11 is 1.54. The van der Waals surface area contributed by atoms with Crippen LogP contribution in [0.2, 0.25) is 0 Å². The molecule has 1 N–H and O–H groups in total. The van der Waals surface area contributed by atoms with E-state index in [4.69, 9.17) is 23.7 Å². The van der Waals surface area contributed by atoms with Crippen LogP contribution in [-0.4, -0.2) is 44.0 Å². The van der Waals surface area contributed by atoms with E-state index in [1.165, 1.54) is 11.3 Å². The van der Waals surface area contributed by atoms with Crippen LogP contribution in [-0.2, 0) is 0 Å². The standard InChI is InChI=1S/C19H20N2O5S/c1-4-24-19-20-15(11-7-12(22-2)9-13(8-11)23-3)16(21-19)18-17-14(10-27-18)25-5-6-26-17/h7-10H,4-6H2,1-3H3,(H,20,21). The number of benzene rings is 1. The van der Waals surface area contributed by atoms with Gasteiger partial charge in [0, 0.05) is 17.0 Å². The molecule has 0 fully saturated rings. The van der Waals surface area contributed by atoms with E-state index in [-0.39, 0.29) is 0 Å². The smallest absolute Gasteiger partial charge is 0.294 e. The Bertz CT molecular complexity index is 927. The highest BCUT2D eigenvalue weighted by Crippen LogP contribution is 2.48. The first-order valence-electron chi connectivity index (χ1n) is 8.57. The Morgan fingerprint density at radius 2 is 1.85 bits per heavy atom. The molecule has 0 saturated heterocycles. The Morgan fingerprint density at radius 3 is 2.56 bits per heavy atom. The van der Waals surface area contributed by atoms with E-state index in [2.05, 4.69) is 9.97 Å². The molecule has 7 nitrogen and oxygen atoms in total. The highest BCUT2D eigenvalue weighted by Gasteiger charge is 2.25. The molecular weight excluding hydrogens is 368 g/mol. The summed E-state index contributed by atoms with van der Waals surface area (Å²) in [5.41, 5.74) is 2.39. The number of ether oxygens (including phenoxy) is 5. The van der Waals surface area contributed by atoms with E-state index in [0.717, 1.165) is 33.3 Å². The number of hydrogen-bond donors (Lipinski definition) is 1. The van der Waals surface area contributed by atoms with Crippen LogP contribution in [0.15, 0.2) is 23.6 Å². The van der Waals surface area contributed by atoms with Gasteiger partial charge in [-0.3, -0.25) is 0 Å². The minimum Gasteiger partial charge on any atom is -0.497 e. The van der Waals surface area contributed by atoms with Crippen LogP contribution in [0.4, 0.5) is 0 Å². The molecule has 0 bridgehead atoms. The summed E-state index contributed by atoms with van der Waals surface area (Å²) in [5.74, 6) is 2.85. The third-order valence-corrected chi connectivity index (χ3v) is 5.07. The number of thiophene rings is 1. The van der Waals surface area contributed by atoms with Gasteiger partial charge in [0.15, 0.2) is 11.5 Å². The molecule has 3 aromatic rings. The van der Waals surface area contributed by atoms with Crippen molar-refractivity contribution in [3.05, 3.63) is 23.6 Å². The topological polar surface area (TPSA) is 74.8 Å². The molecule has 0 aliphatic carbocycles. The molecule has 0 unspecified atom stereocenters. The van der Waals surface area contributed by atoms with E-state index in [1.807, 2.05) is 30.5 Å². The molecule has 1 aromatic carbocycles. The molecule has 8 heteroatoms. The monoisotopic (exact) mass is 388 g/mol. The van der Waals surface area contributed by atoms with E-state index in [1.54, 1.807) is 14.2 Å². The highest BCUT2D eigenvalue weighted by molar-refractivity contribution is 7.14. The summed E-state index contributed by atoms with van der Waals surface area (Å²) in [7, 11) is 3.24. The lowest BCUT2D eigenvalue weighted by atomic mass is 10.1. The van der Waals surface area contributed by atoms with Crippen molar-refractivity contribution in [2.45, 2.75) is 6.92 Å². The molecule has 27 heavy (non-hydrogen) atoms. The molecule has 1 aliphatic rings. The maximum atomic E-state index is 5.85. The van der Waals surface area contributed by atoms with E-state index in [0.29, 0.717) is 37.3 Å². The number of imidazole rings is 1. The van der Waals surface area contributed by atoms with Gasteiger partial charge in [0.25, 0.3) is 6.01 Å². The number of H-pyrrole nitrogens is 1. The van der Waals surface area contributed by atoms with Crippen molar-refractivity contribution in [2.75, 3.05) is 34.0 Å². The van der Waals surface area contributed by atoms with E-state index >= 15 is 0 Å². The Balaban J connectivity index is 1.87. The first-order chi connectivity index (χ1) is 13.2. The van der Waals surface area contributed by atoms with Gasteiger partial charge in [-0.1, -0.05) is 0 Å². The lowest BCUT2D eigenvalue weighted by molar-refractivity contribution is 0.174. The van der Waals surface area contributed by atoms with Crippen molar-refractivity contribution < 1.29 is 23.7 Å². The largest absolute Gasteiger partial charge is 0.497 e. The van der Waals surface area contributed by atoms with Crippen LogP contribution < -0.4 is 23.7 Å². The van der Waals surface area contributed by atoms with E-state index in [9.17, 15) is 0 Å². The molecule has 0 radical (unpaired) electrons. The second-order valence-corrected chi connectivity index (χ2v) is 6.63. The molecule has 142 valence electrons. The van der Waals surface area contributed by atoms with Gasteiger partial charge in [-0.05, 0) is 19.1 Å². The fourth-order valence-corrected chi connectivity index (χ4v) is 3.84. The number of nitrogens with one attached hydrogen (secondary N) is 1. The van der Waals surface area contributed by atoms with Crippen LogP contribution in [0.1, 0.15) is 6.92 Å². The number of methoxy groups -OCH3 is 2. The lowest BCUT2D eigenvalue weighted by Gasteiger charge is -2.16. The minimum atomic E-state index is 0.447. The zero-order valence-corrected chi connectivity index (χ0v) is 16.1. The third-order valence-electron chi connectivity index (χ3n) is 4.12. The molecule has 0 atom stereocenters. The van der Waals surface area contributed by atoms with Crippen LogP contribution in [0.3, 0.4) is 0 Å². The maximum absolute atomic E-state index is 5.85. The molecule has 0 amide bonds. The highest BCUT2D eigenvalue weighted by atomic mass is 32.1. The second-order valence-electron chi connectivity index (χ2n) is 5.76. The number of rotatable bonds is 6. The Hall–Kier alpha value is -2.87. The predicted octanol–water partition coefficient (Wildman–Crippen LogP) is 3.99. The maximum Gasteiger partial charge on any atom is 0.294 e. The average molecular weight is 388 g/mol. The Labute approximate surface area is 160 Å². The number of fused-ring (bicyclic) bond motifs is 1. The zero-order valence-electron chi connectivity index (χ0n) is 15.3. The summed E-state index contributed by atoms with van der Waals surface area (Å²) in [5, 5.41) is 1.95. The summed E-state index contributed by atoms with van der Waals surface area (Å²) < 4.78 is 27.9. The number of nitrogens with zero attached hydrogens (tertiary/aromatic N) is 1. The van der Waals surface area contributed by atoms with E-state index < -0.39 is 0 Å². The minimum absolute atomic E-state index is 0.447. The molecule has 3 heterocycles. The van der Waals surface area contributed by atoms with Gasteiger partial charge in [0.1, 0.15) is 30.4 Å². The van der Waals surface area contributed by atoms with Gasteiger partial charge in [-0.15, -0.1) is 11.3 Å². The van der Waals surface area contributed by atoms with Crippen molar-refractivity contribution in [1.29, 1.82) is 0 Å². The second kappa shape index (κ2) is 7.40. The average Bonchev–Trinajstić information content (AvgIpc) is 3.31. The van der Waals surface area contributed by atoms with Crippen molar-refractivity contribution >= 4 is 11.3 Å². The van der Waals surface area contributed by atoms with Crippen molar-refractivity contribution in [1.82, 2.24) is 9.97 Å². The molecular formula is C19H20N2O5S. The van der Waals surface area contributed by atoms with Crippen molar-refractivity contribution in [3.63, 3.8) is 0 Å². The van der Waals surface area contributed by atoms with Crippen LogP contribution in [0.25, 0.3) is 21.8 Å². The summed E-state index contributed by atoms with van der Waals surface area (Å²) in [4.78, 5) is 8.83. The molecule has 4 rings (SSSR count). The third kappa shape index (κ3) is 3.28. The Kier molecular flexibility index (Phi) is 4.81. The van der Waals surface area contributed by atoms with Crippen LogP contribution >= 0.6 is 11.3 Å². The number of aromatic nitrogens is 2. The predicted molar refractivity (Wildman–Crippen MR) is 103 cm³/mol. The summed E-state index contributed by atoms with van der Waals surface area (Å²) in [6.07, 6.45) is 0. The SMILES string of the molecule is CCOc1nc(-c2cc(OC)cc(OC)c2)c(-c2scc3c2OCCO3)[nH]1.